The molecular formula is C20H23FN2O2. The van der Waals surface area contributed by atoms with Crippen molar-refractivity contribution in [3.8, 4) is 0 Å². The van der Waals surface area contributed by atoms with Crippen LogP contribution in [-0.2, 0) is 22.7 Å². The minimum atomic E-state index is -0.346. The summed E-state index contributed by atoms with van der Waals surface area (Å²) in [6.07, 6.45) is 0.206. The molecule has 2 amide bonds. The van der Waals surface area contributed by atoms with Gasteiger partial charge in [0.2, 0.25) is 11.8 Å². The van der Waals surface area contributed by atoms with E-state index in [0.29, 0.717) is 12.1 Å². The second-order valence-corrected chi connectivity index (χ2v) is 6.02. The predicted octanol–water partition coefficient (Wildman–Crippen LogP) is 3.22. The molecule has 4 nitrogen and oxygen atoms in total. The van der Waals surface area contributed by atoms with Crippen LogP contribution >= 0.6 is 0 Å². The van der Waals surface area contributed by atoms with E-state index in [1.807, 2.05) is 30.3 Å². The first-order valence-electron chi connectivity index (χ1n) is 8.24. The van der Waals surface area contributed by atoms with Crippen LogP contribution in [0.4, 0.5) is 4.39 Å². The summed E-state index contributed by atoms with van der Waals surface area (Å²) < 4.78 is 13.8. The van der Waals surface area contributed by atoms with Gasteiger partial charge in [0, 0.05) is 45.6 Å². The van der Waals surface area contributed by atoms with Gasteiger partial charge in [0.1, 0.15) is 5.82 Å². The molecule has 0 radical (unpaired) electrons. The number of halogens is 1. The van der Waals surface area contributed by atoms with Crippen LogP contribution in [0.25, 0.3) is 0 Å². The maximum Gasteiger partial charge on any atom is 0.224 e. The highest BCUT2D eigenvalue weighted by atomic mass is 19.1. The molecule has 0 heterocycles. The standard InChI is InChI=1S/C20H23FN2O2/c1-16(24)23(15-18-10-6-7-11-19(18)21)13-12-20(25)22(2)14-17-8-4-3-5-9-17/h3-11H,12-15H2,1-2H3. The van der Waals surface area contributed by atoms with E-state index in [-0.39, 0.29) is 37.1 Å². The van der Waals surface area contributed by atoms with Crippen LogP contribution in [0.15, 0.2) is 54.6 Å². The van der Waals surface area contributed by atoms with Crippen molar-refractivity contribution >= 4 is 11.8 Å². The van der Waals surface area contributed by atoms with Crippen LogP contribution in [0.3, 0.4) is 0 Å². The molecule has 0 aromatic heterocycles. The van der Waals surface area contributed by atoms with Crippen LogP contribution in [0.1, 0.15) is 24.5 Å². The molecule has 5 heteroatoms. The Morgan fingerprint density at radius 2 is 1.60 bits per heavy atom. The number of carbonyl (C=O) groups excluding carboxylic acids is 2. The van der Waals surface area contributed by atoms with Crippen molar-refractivity contribution in [2.75, 3.05) is 13.6 Å². The normalized spacial score (nSPS) is 10.4. The molecule has 25 heavy (non-hydrogen) atoms. The van der Waals surface area contributed by atoms with E-state index in [4.69, 9.17) is 0 Å². The highest BCUT2D eigenvalue weighted by molar-refractivity contribution is 5.78. The Balaban J connectivity index is 1.91. The van der Waals surface area contributed by atoms with Gasteiger partial charge < -0.3 is 9.80 Å². The molecule has 0 aliphatic carbocycles. The lowest BCUT2D eigenvalue weighted by molar-refractivity contribution is -0.133. The van der Waals surface area contributed by atoms with Gasteiger partial charge in [-0.15, -0.1) is 0 Å². The van der Waals surface area contributed by atoms with Gasteiger partial charge in [-0.3, -0.25) is 9.59 Å². The van der Waals surface area contributed by atoms with Gasteiger partial charge in [-0.25, -0.2) is 4.39 Å². The molecule has 0 fully saturated rings. The van der Waals surface area contributed by atoms with Crippen molar-refractivity contribution in [1.82, 2.24) is 9.80 Å². The Morgan fingerprint density at radius 1 is 0.960 bits per heavy atom. The monoisotopic (exact) mass is 342 g/mol. The van der Waals surface area contributed by atoms with Gasteiger partial charge in [-0.05, 0) is 11.6 Å². The van der Waals surface area contributed by atoms with Crippen molar-refractivity contribution in [3.05, 3.63) is 71.5 Å². The van der Waals surface area contributed by atoms with E-state index in [2.05, 4.69) is 0 Å². The quantitative estimate of drug-likeness (QED) is 0.775. The zero-order valence-corrected chi connectivity index (χ0v) is 14.6. The molecule has 132 valence electrons. The highest BCUT2D eigenvalue weighted by Crippen LogP contribution is 2.11. The summed E-state index contributed by atoms with van der Waals surface area (Å²) in [5, 5.41) is 0. The third kappa shape index (κ3) is 5.71. The summed E-state index contributed by atoms with van der Waals surface area (Å²) in [4.78, 5) is 27.2. The van der Waals surface area contributed by atoms with E-state index in [1.54, 1.807) is 30.1 Å². The molecule has 0 bridgehead atoms. The Morgan fingerprint density at radius 3 is 2.24 bits per heavy atom. The first kappa shape index (κ1) is 18.6. The minimum absolute atomic E-state index is 0.0522. The topological polar surface area (TPSA) is 40.6 Å². The van der Waals surface area contributed by atoms with Crippen molar-refractivity contribution in [3.63, 3.8) is 0 Å². The van der Waals surface area contributed by atoms with Gasteiger partial charge in [-0.1, -0.05) is 48.5 Å². The molecule has 0 saturated carbocycles. The summed E-state index contributed by atoms with van der Waals surface area (Å²) in [5.41, 5.74) is 1.50. The van der Waals surface area contributed by atoms with E-state index >= 15 is 0 Å². The Kier molecular flexibility index (Phi) is 6.69. The van der Waals surface area contributed by atoms with Gasteiger partial charge in [0.25, 0.3) is 0 Å². The third-order valence-corrected chi connectivity index (χ3v) is 4.05. The van der Waals surface area contributed by atoms with Gasteiger partial charge in [0.15, 0.2) is 0 Å². The zero-order valence-electron chi connectivity index (χ0n) is 14.6. The molecule has 2 aromatic carbocycles. The lowest BCUT2D eigenvalue weighted by Gasteiger charge is -2.23. The van der Waals surface area contributed by atoms with Gasteiger partial charge >= 0.3 is 0 Å². The van der Waals surface area contributed by atoms with Crippen LogP contribution in [0, 0.1) is 5.82 Å². The summed E-state index contributed by atoms with van der Waals surface area (Å²) in [6.45, 7) is 2.38. The van der Waals surface area contributed by atoms with E-state index in [0.717, 1.165) is 5.56 Å². The number of carbonyl (C=O) groups is 2. The highest BCUT2D eigenvalue weighted by Gasteiger charge is 2.16. The SMILES string of the molecule is CC(=O)N(CCC(=O)N(C)Cc1ccccc1)Cc1ccccc1F. The third-order valence-electron chi connectivity index (χ3n) is 4.05. The molecular weight excluding hydrogens is 319 g/mol. The number of hydrogen-bond acceptors (Lipinski definition) is 2. The molecule has 2 aromatic rings. The first-order valence-corrected chi connectivity index (χ1v) is 8.24. The summed E-state index contributed by atoms with van der Waals surface area (Å²) in [6, 6.07) is 16.1. The Labute approximate surface area is 147 Å². The lowest BCUT2D eigenvalue weighted by atomic mass is 10.2. The Hall–Kier alpha value is -2.69. The van der Waals surface area contributed by atoms with Crippen LogP contribution in [0.5, 0.6) is 0 Å². The van der Waals surface area contributed by atoms with E-state index in [1.165, 1.54) is 17.9 Å². The van der Waals surface area contributed by atoms with E-state index < -0.39 is 0 Å². The molecule has 0 N–H and O–H groups in total. The van der Waals surface area contributed by atoms with Crippen LogP contribution in [-0.4, -0.2) is 35.2 Å². The average Bonchev–Trinajstić information content (AvgIpc) is 2.60. The van der Waals surface area contributed by atoms with Gasteiger partial charge in [0.05, 0.1) is 0 Å². The van der Waals surface area contributed by atoms with Crippen molar-refractivity contribution in [2.45, 2.75) is 26.4 Å². The largest absolute Gasteiger partial charge is 0.341 e. The molecule has 0 aliphatic rings. The fourth-order valence-electron chi connectivity index (χ4n) is 2.55. The molecule has 2 rings (SSSR count). The second kappa shape index (κ2) is 8.97. The number of hydrogen-bond donors (Lipinski definition) is 0. The fraction of sp³-hybridized carbons (Fsp3) is 0.300. The van der Waals surface area contributed by atoms with Crippen molar-refractivity contribution in [1.29, 1.82) is 0 Å². The zero-order chi connectivity index (χ0) is 18.2. The Bertz CT molecular complexity index is 719. The number of nitrogens with zero attached hydrogens (tertiary/aromatic N) is 2. The molecule has 0 atom stereocenters. The van der Waals surface area contributed by atoms with Crippen molar-refractivity contribution < 1.29 is 14.0 Å². The van der Waals surface area contributed by atoms with Gasteiger partial charge in [-0.2, -0.15) is 0 Å². The predicted molar refractivity (Wildman–Crippen MR) is 95.0 cm³/mol. The molecule has 0 spiro atoms. The lowest BCUT2D eigenvalue weighted by Crippen LogP contribution is -2.34. The smallest absolute Gasteiger partial charge is 0.224 e. The van der Waals surface area contributed by atoms with Crippen LogP contribution < -0.4 is 0 Å². The summed E-state index contributed by atoms with van der Waals surface area (Å²) in [7, 11) is 1.74. The number of amides is 2. The average molecular weight is 342 g/mol. The number of benzene rings is 2. The second-order valence-electron chi connectivity index (χ2n) is 6.02. The van der Waals surface area contributed by atoms with Crippen LogP contribution in [0.2, 0.25) is 0 Å². The maximum absolute atomic E-state index is 13.8. The first-order chi connectivity index (χ1) is 12.0. The maximum atomic E-state index is 13.8. The molecule has 0 aliphatic heterocycles. The minimum Gasteiger partial charge on any atom is -0.341 e. The molecule has 0 unspecified atom stereocenters. The van der Waals surface area contributed by atoms with Crippen molar-refractivity contribution in [2.24, 2.45) is 0 Å². The van der Waals surface area contributed by atoms with E-state index in [9.17, 15) is 14.0 Å². The fourth-order valence-corrected chi connectivity index (χ4v) is 2.55. The molecule has 0 saturated heterocycles. The summed E-state index contributed by atoms with van der Waals surface area (Å²) in [5.74, 6) is -0.577. The number of rotatable bonds is 7. The summed E-state index contributed by atoms with van der Waals surface area (Å²) >= 11 is 0.